The molecule has 2 heterocycles. The smallest absolute Gasteiger partial charge is 0.0732 e. The van der Waals surface area contributed by atoms with Gasteiger partial charge in [0.2, 0.25) is 0 Å². The van der Waals surface area contributed by atoms with Crippen LogP contribution in [0.5, 0.6) is 0 Å². The van der Waals surface area contributed by atoms with E-state index in [9.17, 15) is 10.2 Å². The van der Waals surface area contributed by atoms with Crippen molar-refractivity contribution < 1.29 is 20.4 Å². The second-order valence-corrected chi connectivity index (χ2v) is 3.79. The van der Waals surface area contributed by atoms with Gasteiger partial charge in [-0.05, 0) is 12.8 Å². The molecule has 2 aliphatic rings. The second-order valence-electron chi connectivity index (χ2n) is 3.79. The summed E-state index contributed by atoms with van der Waals surface area (Å²) in [5.41, 5.74) is 0. The van der Waals surface area contributed by atoms with E-state index in [1.807, 2.05) is 4.90 Å². The molecule has 0 aromatic rings. The summed E-state index contributed by atoms with van der Waals surface area (Å²) >= 11 is 0. The van der Waals surface area contributed by atoms with Crippen molar-refractivity contribution in [2.75, 3.05) is 20.3 Å². The molecular weight excluding hydrogens is 186 g/mol. The Morgan fingerprint density at radius 3 is 2.43 bits per heavy atom. The van der Waals surface area contributed by atoms with Crippen molar-refractivity contribution in [2.24, 2.45) is 0 Å². The molecule has 2 fully saturated rings. The number of aliphatic hydroxyl groups is 4. The van der Waals surface area contributed by atoms with Gasteiger partial charge in [-0.2, -0.15) is 0 Å². The maximum absolute atomic E-state index is 9.50. The van der Waals surface area contributed by atoms with Crippen LogP contribution in [0, 0.1) is 0 Å². The Morgan fingerprint density at radius 2 is 1.86 bits per heavy atom. The van der Waals surface area contributed by atoms with Gasteiger partial charge in [-0.15, -0.1) is 0 Å². The Kier molecular flexibility index (Phi) is 4.28. The molecular formula is C9H19NO4. The first kappa shape index (κ1) is 11.9. The molecule has 0 radical (unpaired) electrons. The summed E-state index contributed by atoms with van der Waals surface area (Å²) in [6.45, 7) is 0.595. The molecule has 14 heavy (non-hydrogen) atoms. The van der Waals surface area contributed by atoms with E-state index >= 15 is 0 Å². The highest BCUT2D eigenvalue weighted by Crippen LogP contribution is 2.32. The monoisotopic (exact) mass is 205 g/mol. The minimum absolute atomic E-state index is 0.00954. The lowest BCUT2D eigenvalue weighted by molar-refractivity contribution is 0.0613. The van der Waals surface area contributed by atoms with E-state index < -0.39 is 6.10 Å². The fraction of sp³-hybridized carbons (Fsp3) is 1.00. The molecule has 2 rings (SSSR count). The van der Waals surface area contributed by atoms with Gasteiger partial charge in [0.15, 0.2) is 0 Å². The van der Waals surface area contributed by atoms with Crippen molar-refractivity contribution in [2.45, 2.75) is 37.1 Å². The van der Waals surface area contributed by atoms with Gasteiger partial charge in [0, 0.05) is 19.7 Å². The first-order chi connectivity index (χ1) is 6.72. The summed E-state index contributed by atoms with van der Waals surface area (Å²) in [7, 11) is 1.00. The Morgan fingerprint density at radius 1 is 1.21 bits per heavy atom. The lowest BCUT2D eigenvalue weighted by Crippen LogP contribution is -2.39. The molecule has 84 valence electrons. The van der Waals surface area contributed by atoms with Crippen molar-refractivity contribution in [1.29, 1.82) is 0 Å². The molecule has 2 aliphatic heterocycles. The summed E-state index contributed by atoms with van der Waals surface area (Å²) in [5.74, 6) is 0. The Balaban J connectivity index is 0.000000461. The molecule has 4 N–H and O–H groups in total. The predicted molar refractivity (Wildman–Crippen MR) is 50.8 cm³/mol. The molecule has 4 atom stereocenters. The van der Waals surface area contributed by atoms with Crippen molar-refractivity contribution in [3.05, 3.63) is 0 Å². The van der Waals surface area contributed by atoms with Gasteiger partial charge in [0.05, 0.1) is 24.9 Å². The molecule has 5 heteroatoms. The number of rotatable bonds is 1. The van der Waals surface area contributed by atoms with E-state index in [0.29, 0.717) is 13.0 Å². The minimum Gasteiger partial charge on any atom is -0.400 e. The molecule has 0 aromatic heterocycles. The van der Waals surface area contributed by atoms with Crippen molar-refractivity contribution >= 4 is 0 Å². The third-order valence-corrected chi connectivity index (χ3v) is 3.01. The number of aliphatic hydroxyl groups excluding tert-OH is 4. The van der Waals surface area contributed by atoms with Crippen LogP contribution in [-0.2, 0) is 0 Å². The highest BCUT2D eigenvalue weighted by Gasteiger charge is 2.45. The first-order valence-corrected chi connectivity index (χ1v) is 4.90. The van der Waals surface area contributed by atoms with Gasteiger partial charge in [-0.3, -0.25) is 4.90 Å². The second kappa shape index (κ2) is 5.04. The third kappa shape index (κ3) is 2.07. The molecule has 5 nitrogen and oxygen atoms in total. The summed E-state index contributed by atoms with van der Waals surface area (Å²) < 4.78 is 0. The minimum atomic E-state index is -0.410. The number of hydrogen-bond donors (Lipinski definition) is 4. The molecule has 1 unspecified atom stereocenters. The number of hydrogen-bond acceptors (Lipinski definition) is 5. The van der Waals surface area contributed by atoms with Crippen LogP contribution in [-0.4, -0.2) is 69.9 Å². The first-order valence-electron chi connectivity index (χ1n) is 4.90. The van der Waals surface area contributed by atoms with E-state index in [-0.39, 0.29) is 24.8 Å². The summed E-state index contributed by atoms with van der Waals surface area (Å²) in [4.78, 5) is 2.02. The van der Waals surface area contributed by atoms with E-state index in [2.05, 4.69) is 0 Å². The molecule has 0 bridgehead atoms. The molecule has 0 saturated carbocycles. The maximum atomic E-state index is 9.50. The Hall–Kier alpha value is -0.200. The number of fused-ring (bicyclic) bond motifs is 1. The lowest BCUT2D eigenvalue weighted by Gasteiger charge is -2.22. The highest BCUT2D eigenvalue weighted by molar-refractivity contribution is 4.99. The van der Waals surface area contributed by atoms with Gasteiger partial charge in [0.25, 0.3) is 0 Å². The number of nitrogens with zero attached hydrogens (tertiary/aromatic N) is 1. The fourth-order valence-electron chi connectivity index (χ4n) is 2.44. The van der Waals surface area contributed by atoms with Gasteiger partial charge in [-0.25, -0.2) is 0 Å². The molecule has 2 saturated heterocycles. The zero-order valence-electron chi connectivity index (χ0n) is 8.37. The van der Waals surface area contributed by atoms with Crippen LogP contribution >= 0.6 is 0 Å². The predicted octanol–water partition coefficient (Wildman–Crippen LogP) is -1.84. The average Bonchev–Trinajstić information content (AvgIpc) is 2.63. The molecule has 0 spiro atoms. The van der Waals surface area contributed by atoms with E-state index in [0.717, 1.165) is 13.5 Å². The van der Waals surface area contributed by atoms with Crippen molar-refractivity contribution in [3.8, 4) is 0 Å². The summed E-state index contributed by atoms with van der Waals surface area (Å²) in [6.07, 6.45) is 0.764. The largest absolute Gasteiger partial charge is 0.400 e. The zero-order chi connectivity index (χ0) is 10.7. The van der Waals surface area contributed by atoms with Gasteiger partial charge in [0.1, 0.15) is 0 Å². The fourth-order valence-corrected chi connectivity index (χ4v) is 2.44. The standard InChI is InChI=1S/C8H15NO3.CH4O/c10-4-7-8(12)2-5-1-6(11)3-9(5)7;1-2/h5-8,10-12H,1-4H2;2H,1H3/t5-,6-,7?,8+;/m1./s1. The van der Waals surface area contributed by atoms with E-state index in [4.69, 9.17) is 10.2 Å². The van der Waals surface area contributed by atoms with E-state index in [1.54, 1.807) is 0 Å². The van der Waals surface area contributed by atoms with Crippen LogP contribution in [0.2, 0.25) is 0 Å². The highest BCUT2D eigenvalue weighted by atomic mass is 16.3. The van der Waals surface area contributed by atoms with Crippen molar-refractivity contribution in [3.63, 3.8) is 0 Å². The van der Waals surface area contributed by atoms with Crippen LogP contribution in [0.1, 0.15) is 12.8 Å². The lowest BCUT2D eigenvalue weighted by atomic mass is 10.1. The molecule has 0 amide bonds. The van der Waals surface area contributed by atoms with Crippen LogP contribution in [0.15, 0.2) is 0 Å². The van der Waals surface area contributed by atoms with Gasteiger partial charge < -0.3 is 20.4 Å². The van der Waals surface area contributed by atoms with Crippen LogP contribution in [0.4, 0.5) is 0 Å². The van der Waals surface area contributed by atoms with Crippen LogP contribution < -0.4 is 0 Å². The van der Waals surface area contributed by atoms with Crippen LogP contribution in [0.3, 0.4) is 0 Å². The normalized spacial score (nSPS) is 41.8. The van der Waals surface area contributed by atoms with Gasteiger partial charge >= 0.3 is 0 Å². The van der Waals surface area contributed by atoms with Gasteiger partial charge in [-0.1, -0.05) is 0 Å². The SMILES string of the molecule is CO.OCC1[C@@H](O)C[C@H]2C[C@@H](O)CN12. The molecule has 0 aromatic carbocycles. The summed E-state index contributed by atoms with van der Waals surface area (Å²) in [5, 5.41) is 34.8. The quantitative estimate of drug-likeness (QED) is 0.404. The zero-order valence-corrected chi connectivity index (χ0v) is 8.37. The summed E-state index contributed by atoms with van der Waals surface area (Å²) in [6, 6.07) is 0.138. The maximum Gasteiger partial charge on any atom is 0.0732 e. The van der Waals surface area contributed by atoms with Crippen molar-refractivity contribution in [1.82, 2.24) is 4.90 Å². The van der Waals surface area contributed by atoms with E-state index in [1.165, 1.54) is 0 Å². The Labute approximate surface area is 83.6 Å². The molecule has 0 aliphatic carbocycles. The van der Waals surface area contributed by atoms with Crippen LogP contribution in [0.25, 0.3) is 0 Å². The topological polar surface area (TPSA) is 84.2 Å². The third-order valence-electron chi connectivity index (χ3n) is 3.01. The Bertz CT molecular complexity index is 178. The average molecular weight is 205 g/mol.